The Morgan fingerprint density at radius 1 is 1.33 bits per heavy atom. The Kier molecular flexibility index (Phi) is 5.15. The number of hydrogen-bond acceptors (Lipinski definition) is 6. The maximum Gasteiger partial charge on any atom is 0.328 e. The number of hydrogen-bond donors (Lipinski definition) is 1. The molecule has 0 saturated carbocycles. The van der Waals surface area contributed by atoms with Crippen molar-refractivity contribution >= 4 is 28.2 Å². The first kappa shape index (κ1) is 16.5. The van der Waals surface area contributed by atoms with E-state index in [1.807, 2.05) is 24.3 Å². The smallest absolute Gasteiger partial charge is 0.328 e. The summed E-state index contributed by atoms with van der Waals surface area (Å²) in [5, 5.41) is 5.52. The molecule has 128 valence electrons. The molecule has 1 aromatic carbocycles. The maximum atomic E-state index is 12.1. The highest BCUT2D eigenvalue weighted by molar-refractivity contribution is 6.01. The zero-order valence-electron chi connectivity index (χ0n) is 14.1. The van der Waals surface area contributed by atoms with Gasteiger partial charge in [0.2, 0.25) is 0 Å². The summed E-state index contributed by atoms with van der Waals surface area (Å²) in [5.41, 5.74) is 1.04. The molecule has 0 aliphatic carbocycles. The Labute approximate surface area is 141 Å². The first-order chi connectivity index (χ1) is 11.8. The normalized spacial score (nSPS) is 17.2. The number of esters is 1. The quantitative estimate of drug-likeness (QED) is 0.649. The van der Waals surface area contributed by atoms with E-state index in [-0.39, 0.29) is 12.0 Å². The maximum absolute atomic E-state index is 12.1. The van der Waals surface area contributed by atoms with Gasteiger partial charge in [0.15, 0.2) is 0 Å². The first-order valence-electron chi connectivity index (χ1n) is 8.21. The van der Waals surface area contributed by atoms with Gasteiger partial charge in [-0.1, -0.05) is 12.1 Å². The van der Waals surface area contributed by atoms with Crippen LogP contribution in [0.4, 0.5) is 11.5 Å². The van der Waals surface area contributed by atoms with E-state index in [1.54, 1.807) is 13.3 Å². The summed E-state index contributed by atoms with van der Waals surface area (Å²) in [5.74, 6) is 0.650. The molecule has 0 amide bonds. The second kappa shape index (κ2) is 7.49. The van der Waals surface area contributed by atoms with Crippen LogP contribution in [-0.2, 0) is 14.3 Å². The predicted molar refractivity (Wildman–Crippen MR) is 94.5 cm³/mol. The van der Waals surface area contributed by atoms with Gasteiger partial charge in [0, 0.05) is 42.9 Å². The average molecular weight is 329 g/mol. The molecule has 2 aromatic rings. The molecule has 6 heteroatoms. The van der Waals surface area contributed by atoms with Crippen molar-refractivity contribution in [3.8, 4) is 0 Å². The number of ether oxygens (including phenoxy) is 2. The van der Waals surface area contributed by atoms with Crippen LogP contribution in [0.1, 0.15) is 12.8 Å². The van der Waals surface area contributed by atoms with Crippen molar-refractivity contribution in [2.45, 2.75) is 18.9 Å². The van der Waals surface area contributed by atoms with Crippen LogP contribution < -0.4 is 10.2 Å². The van der Waals surface area contributed by atoms with Crippen molar-refractivity contribution in [3.63, 3.8) is 0 Å². The molecule has 0 bridgehead atoms. The summed E-state index contributed by atoms with van der Waals surface area (Å²) < 4.78 is 10.1. The molecular formula is C18H23N3O3. The third-order valence-corrected chi connectivity index (χ3v) is 4.40. The van der Waals surface area contributed by atoms with Gasteiger partial charge in [-0.25, -0.2) is 9.78 Å². The molecule has 1 aromatic heterocycles. The number of aromatic nitrogens is 1. The van der Waals surface area contributed by atoms with Gasteiger partial charge in [-0.15, -0.1) is 0 Å². The zero-order chi connectivity index (χ0) is 16.9. The Hall–Kier alpha value is -2.34. The summed E-state index contributed by atoms with van der Waals surface area (Å²) >= 11 is 0. The van der Waals surface area contributed by atoms with Gasteiger partial charge in [-0.3, -0.25) is 0 Å². The molecule has 1 aliphatic heterocycles. The predicted octanol–water partition coefficient (Wildman–Crippen LogP) is 2.43. The van der Waals surface area contributed by atoms with Crippen LogP contribution in [0.25, 0.3) is 10.8 Å². The lowest BCUT2D eigenvalue weighted by atomic mass is 10.1. The molecule has 1 N–H and O–H groups in total. The summed E-state index contributed by atoms with van der Waals surface area (Å²) in [7, 11) is 3.13. The molecule has 3 rings (SSSR count). The lowest BCUT2D eigenvalue weighted by Gasteiger charge is -2.25. The lowest BCUT2D eigenvalue weighted by molar-refractivity contribution is -0.141. The Morgan fingerprint density at radius 2 is 2.21 bits per heavy atom. The van der Waals surface area contributed by atoms with Crippen molar-refractivity contribution in [3.05, 3.63) is 30.5 Å². The minimum Gasteiger partial charge on any atom is -0.467 e. The fourth-order valence-electron chi connectivity index (χ4n) is 3.26. The molecular weight excluding hydrogens is 306 g/mol. The monoisotopic (exact) mass is 329 g/mol. The van der Waals surface area contributed by atoms with Gasteiger partial charge in [0.1, 0.15) is 11.9 Å². The molecule has 0 spiro atoms. The molecule has 1 atom stereocenters. The Bertz CT molecular complexity index is 720. The third-order valence-electron chi connectivity index (χ3n) is 4.40. The molecule has 2 heterocycles. The van der Waals surface area contributed by atoms with Gasteiger partial charge >= 0.3 is 5.97 Å². The number of rotatable bonds is 6. The SMILES string of the molecule is COCCNc1cccc2c(N3CCCC3C(=O)OC)nccc12. The van der Waals surface area contributed by atoms with Crippen LogP contribution in [0, 0.1) is 0 Å². The number of carbonyl (C=O) groups is 1. The van der Waals surface area contributed by atoms with Crippen LogP contribution in [0.15, 0.2) is 30.5 Å². The van der Waals surface area contributed by atoms with E-state index in [1.165, 1.54) is 7.11 Å². The van der Waals surface area contributed by atoms with E-state index in [0.29, 0.717) is 6.61 Å². The Morgan fingerprint density at radius 3 is 3.00 bits per heavy atom. The van der Waals surface area contributed by atoms with Gasteiger partial charge < -0.3 is 19.7 Å². The number of anilines is 2. The van der Waals surface area contributed by atoms with E-state index < -0.39 is 0 Å². The highest BCUT2D eigenvalue weighted by Crippen LogP contribution is 2.33. The lowest BCUT2D eigenvalue weighted by Crippen LogP contribution is -2.37. The largest absolute Gasteiger partial charge is 0.467 e. The molecule has 0 radical (unpaired) electrons. The van der Waals surface area contributed by atoms with Crippen LogP contribution in [0.2, 0.25) is 0 Å². The van der Waals surface area contributed by atoms with Crippen LogP contribution in [0.5, 0.6) is 0 Å². The standard InChI is InChI=1S/C18H23N3O3/c1-23-12-10-19-15-6-3-5-14-13(15)8-9-20-17(14)21-11-4-7-16(21)18(22)24-2/h3,5-6,8-9,16,19H,4,7,10-12H2,1-2H3. The van der Waals surface area contributed by atoms with Gasteiger partial charge in [0.25, 0.3) is 0 Å². The van der Waals surface area contributed by atoms with E-state index in [9.17, 15) is 4.79 Å². The second-order valence-electron chi connectivity index (χ2n) is 5.83. The molecule has 24 heavy (non-hydrogen) atoms. The number of nitrogens with zero attached hydrogens (tertiary/aromatic N) is 2. The number of pyridine rings is 1. The minimum atomic E-state index is -0.252. The average Bonchev–Trinajstić information content (AvgIpc) is 3.10. The summed E-state index contributed by atoms with van der Waals surface area (Å²) in [6, 6.07) is 7.84. The van der Waals surface area contributed by atoms with Crippen LogP contribution in [0.3, 0.4) is 0 Å². The van der Waals surface area contributed by atoms with E-state index in [2.05, 4.69) is 15.2 Å². The van der Waals surface area contributed by atoms with Crippen molar-refractivity contribution in [1.82, 2.24) is 4.98 Å². The fourth-order valence-corrected chi connectivity index (χ4v) is 3.26. The minimum absolute atomic E-state index is 0.194. The molecule has 1 fully saturated rings. The molecule has 1 unspecified atom stereocenters. The van der Waals surface area contributed by atoms with Crippen LogP contribution in [-0.4, -0.2) is 50.9 Å². The van der Waals surface area contributed by atoms with E-state index >= 15 is 0 Å². The number of methoxy groups -OCH3 is 2. The molecule has 1 saturated heterocycles. The van der Waals surface area contributed by atoms with Gasteiger partial charge in [-0.05, 0) is 25.0 Å². The number of fused-ring (bicyclic) bond motifs is 1. The van der Waals surface area contributed by atoms with Crippen molar-refractivity contribution in [2.75, 3.05) is 44.1 Å². The van der Waals surface area contributed by atoms with Crippen LogP contribution >= 0.6 is 0 Å². The summed E-state index contributed by atoms with van der Waals surface area (Å²) in [6.45, 7) is 2.19. The van der Waals surface area contributed by atoms with Crippen molar-refractivity contribution < 1.29 is 14.3 Å². The van der Waals surface area contributed by atoms with E-state index in [4.69, 9.17) is 9.47 Å². The topological polar surface area (TPSA) is 63.7 Å². The summed E-state index contributed by atoms with van der Waals surface area (Å²) in [4.78, 5) is 18.7. The van der Waals surface area contributed by atoms with Gasteiger partial charge in [-0.2, -0.15) is 0 Å². The molecule has 6 nitrogen and oxygen atoms in total. The molecule has 1 aliphatic rings. The number of nitrogens with one attached hydrogen (secondary N) is 1. The Balaban J connectivity index is 1.97. The fraction of sp³-hybridized carbons (Fsp3) is 0.444. The number of carbonyl (C=O) groups excluding carboxylic acids is 1. The van der Waals surface area contributed by atoms with E-state index in [0.717, 1.165) is 48.2 Å². The first-order valence-corrected chi connectivity index (χ1v) is 8.21. The van der Waals surface area contributed by atoms with Crippen molar-refractivity contribution in [2.24, 2.45) is 0 Å². The highest BCUT2D eigenvalue weighted by atomic mass is 16.5. The number of benzene rings is 1. The second-order valence-corrected chi connectivity index (χ2v) is 5.83. The third kappa shape index (κ3) is 3.14. The van der Waals surface area contributed by atoms with Gasteiger partial charge in [0.05, 0.1) is 13.7 Å². The van der Waals surface area contributed by atoms with Crippen molar-refractivity contribution in [1.29, 1.82) is 0 Å². The highest BCUT2D eigenvalue weighted by Gasteiger charge is 2.33. The summed E-state index contributed by atoms with van der Waals surface area (Å²) in [6.07, 6.45) is 3.56. The zero-order valence-corrected chi connectivity index (χ0v) is 14.1.